The zero-order valence-electron chi connectivity index (χ0n) is 39.7. The highest BCUT2D eigenvalue weighted by Gasteiger charge is 2.44. The number of hydrogen-bond acceptors (Lipinski definition) is 11. The zero-order chi connectivity index (χ0) is 47.9. The molecule has 15 nitrogen and oxygen atoms in total. The highest BCUT2D eigenvalue weighted by molar-refractivity contribution is 6.11. The van der Waals surface area contributed by atoms with Crippen LogP contribution in [-0.2, 0) is 16.0 Å². The molecule has 15 heteroatoms. The molecule has 1 saturated heterocycles. The maximum absolute atomic E-state index is 14.9. The number of likely N-dealkylation sites (tertiary alicyclic amines) is 1. The Hall–Kier alpha value is -7.42. The second-order valence-corrected chi connectivity index (χ2v) is 19.1. The molecule has 4 aromatic carbocycles. The van der Waals surface area contributed by atoms with E-state index in [1.54, 1.807) is 19.2 Å². The van der Waals surface area contributed by atoms with E-state index in [0.717, 1.165) is 66.5 Å². The van der Waals surface area contributed by atoms with Gasteiger partial charge in [-0.15, -0.1) is 0 Å². The second-order valence-electron chi connectivity index (χ2n) is 19.1. The highest BCUT2D eigenvalue weighted by Crippen LogP contribution is 2.49. The lowest BCUT2D eigenvalue weighted by molar-refractivity contribution is -0.143. The number of fused-ring (bicyclic) bond motifs is 3. The van der Waals surface area contributed by atoms with Crippen molar-refractivity contribution < 1.29 is 38.1 Å². The number of hydrazone groups is 1. The fraction of sp³-hybridized carbons (Fsp3) is 0.382. The van der Waals surface area contributed by atoms with Crippen molar-refractivity contribution in [3.63, 3.8) is 0 Å². The maximum atomic E-state index is 14.9. The SMILES string of the molecule is COc1ccc(C2=NN(C3CCN(C(=O)[C@@H](Cc4ccc(-c5ccccc5)cc4)NC(=O)c4c(C)[nH]c5c(-c6c(OCC7CC7)ccc7c6OCO7)ncnc45)CC3)C(=O)[C@@H]3CCCC[C@H]23)cc1OC. The van der Waals surface area contributed by atoms with E-state index in [0.29, 0.717) is 101 Å². The van der Waals surface area contributed by atoms with Crippen LogP contribution in [0.2, 0.25) is 0 Å². The van der Waals surface area contributed by atoms with Crippen molar-refractivity contribution in [2.45, 2.75) is 76.8 Å². The highest BCUT2D eigenvalue weighted by atomic mass is 16.7. The molecule has 2 aliphatic carbocycles. The van der Waals surface area contributed by atoms with Crippen LogP contribution in [0.1, 0.15) is 78.5 Å². The molecule has 11 rings (SSSR count). The largest absolute Gasteiger partial charge is 0.493 e. The first-order valence-electron chi connectivity index (χ1n) is 24.5. The van der Waals surface area contributed by atoms with Gasteiger partial charge in [-0.2, -0.15) is 5.10 Å². The molecule has 6 aromatic rings. The molecule has 0 spiro atoms. The maximum Gasteiger partial charge on any atom is 0.255 e. The molecule has 2 saturated carbocycles. The van der Waals surface area contributed by atoms with Gasteiger partial charge in [-0.25, -0.2) is 15.0 Å². The first kappa shape index (κ1) is 45.0. The van der Waals surface area contributed by atoms with Crippen LogP contribution >= 0.6 is 0 Å². The van der Waals surface area contributed by atoms with Crippen molar-refractivity contribution in [2.75, 3.05) is 40.7 Å². The van der Waals surface area contributed by atoms with Gasteiger partial charge in [0.15, 0.2) is 23.0 Å². The number of benzene rings is 4. The van der Waals surface area contributed by atoms with Gasteiger partial charge in [-0.1, -0.05) is 67.4 Å². The van der Waals surface area contributed by atoms with Gasteiger partial charge in [0.05, 0.1) is 49.2 Å². The lowest BCUT2D eigenvalue weighted by Crippen LogP contribution is -2.56. The smallest absolute Gasteiger partial charge is 0.255 e. The summed E-state index contributed by atoms with van der Waals surface area (Å²) in [5.74, 6) is 2.74. The van der Waals surface area contributed by atoms with E-state index in [4.69, 9.17) is 33.8 Å². The third-order valence-electron chi connectivity index (χ3n) is 14.7. The van der Waals surface area contributed by atoms with E-state index < -0.39 is 11.9 Å². The van der Waals surface area contributed by atoms with E-state index in [1.165, 1.54) is 6.33 Å². The number of methoxy groups -OCH3 is 2. The van der Waals surface area contributed by atoms with Gasteiger partial charge in [0.2, 0.25) is 18.6 Å². The van der Waals surface area contributed by atoms with Crippen LogP contribution in [0.4, 0.5) is 0 Å². The Balaban J connectivity index is 0.870. The van der Waals surface area contributed by atoms with Crippen molar-refractivity contribution in [1.29, 1.82) is 0 Å². The number of aryl methyl sites for hydroxylation is 1. The molecule has 0 bridgehead atoms. The van der Waals surface area contributed by atoms with Gasteiger partial charge >= 0.3 is 0 Å². The van der Waals surface area contributed by atoms with Crippen molar-refractivity contribution in [1.82, 2.24) is 30.2 Å². The zero-order valence-corrected chi connectivity index (χ0v) is 39.7. The van der Waals surface area contributed by atoms with Gasteiger partial charge in [0.25, 0.3) is 5.91 Å². The number of piperidine rings is 1. The number of ether oxygens (including phenoxy) is 5. The minimum atomic E-state index is -0.919. The summed E-state index contributed by atoms with van der Waals surface area (Å²) in [6.45, 7) is 3.24. The van der Waals surface area contributed by atoms with Crippen LogP contribution in [-0.4, -0.2) is 101 Å². The monoisotopic (exact) mass is 943 g/mol. The van der Waals surface area contributed by atoms with Gasteiger partial charge in [0, 0.05) is 42.6 Å². The summed E-state index contributed by atoms with van der Waals surface area (Å²) in [5.41, 5.74) is 7.80. The number of carbonyl (C=O) groups is 3. The molecule has 5 heterocycles. The van der Waals surface area contributed by atoms with E-state index in [1.807, 2.05) is 84.6 Å². The molecule has 2 aromatic heterocycles. The van der Waals surface area contributed by atoms with Crippen molar-refractivity contribution in [3.8, 4) is 51.1 Å². The molecule has 0 radical (unpaired) electrons. The standard InChI is InChI=1S/C55H57N7O8/c1-32-46(49-51(58-32)50(57-30-56-49)47-43(68-29-34-13-14-34)21-22-44-52(47)70-31-69-44)53(63)59-41(27-33-15-17-36(18-16-33)35-9-5-4-6-10-35)55(65)61-25-23-38(24-26-61)62-54(64)40-12-8-7-11-39(40)48(60-62)37-19-20-42(66-2)45(28-37)67-3/h4-6,9-10,15-22,28,30,34,38-41,58H,7-8,11-14,23-27,29,31H2,1-3H3,(H,59,63)/t39-,40+,41+/m0/s1. The van der Waals surface area contributed by atoms with Crippen LogP contribution in [0.5, 0.6) is 28.7 Å². The Labute approximate surface area is 406 Å². The predicted octanol–water partition coefficient (Wildman–Crippen LogP) is 8.52. The molecular formula is C55H57N7O8. The second kappa shape index (κ2) is 19.2. The minimum Gasteiger partial charge on any atom is -0.493 e. The van der Waals surface area contributed by atoms with Crippen molar-refractivity contribution in [3.05, 3.63) is 114 Å². The topological polar surface area (TPSA) is 170 Å². The van der Waals surface area contributed by atoms with Gasteiger partial charge < -0.3 is 38.9 Å². The average Bonchev–Trinajstić information content (AvgIpc) is 4.00. The van der Waals surface area contributed by atoms with Crippen molar-refractivity contribution >= 4 is 34.5 Å². The molecular weight excluding hydrogens is 887 g/mol. The minimum absolute atomic E-state index is 0.0216. The Kier molecular flexibility index (Phi) is 12.3. The number of carbonyl (C=O) groups excluding carboxylic acids is 3. The molecule has 70 heavy (non-hydrogen) atoms. The lowest BCUT2D eigenvalue weighted by atomic mass is 9.73. The summed E-state index contributed by atoms with van der Waals surface area (Å²) < 4.78 is 29.3. The number of nitrogens with one attached hydrogen (secondary N) is 2. The number of hydrogen-bond donors (Lipinski definition) is 2. The van der Waals surface area contributed by atoms with E-state index >= 15 is 0 Å². The van der Waals surface area contributed by atoms with Gasteiger partial charge in [-0.3, -0.25) is 14.4 Å². The van der Waals surface area contributed by atoms with Crippen LogP contribution in [0.15, 0.2) is 96.4 Å². The molecule has 3 fully saturated rings. The van der Waals surface area contributed by atoms with Crippen LogP contribution in [0.25, 0.3) is 33.4 Å². The summed E-state index contributed by atoms with van der Waals surface area (Å²) in [7, 11) is 3.23. The summed E-state index contributed by atoms with van der Waals surface area (Å²) in [5, 5.41) is 10.0. The first-order valence-corrected chi connectivity index (χ1v) is 24.5. The number of aromatic nitrogens is 3. The number of aromatic amines is 1. The molecule has 3 aliphatic heterocycles. The molecule has 2 N–H and O–H groups in total. The third kappa shape index (κ3) is 8.66. The van der Waals surface area contributed by atoms with Crippen LogP contribution in [0.3, 0.4) is 0 Å². The summed E-state index contributed by atoms with van der Waals surface area (Å²) in [4.78, 5) is 58.6. The summed E-state index contributed by atoms with van der Waals surface area (Å²) in [6.07, 6.45) is 8.77. The molecule has 0 unspecified atom stereocenters. The van der Waals surface area contributed by atoms with Crippen LogP contribution < -0.4 is 29.0 Å². The quantitative estimate of drug-likeness (QED) is 0.108. The third-order valence-corrected chi connectivity index (χ3v) is 14.7. The Morgan fingerprint density at radius 2 is 1.54 bits per heavy atom. The van der Waals surface area contributed by atoms with Crippen LogP contribution in [0, 0.1) is 24.7 Å². The molecule has 5 aliphatic rings. The van der Waals surface area contributed by atoms with Crippen molar-refractivity contribution in [2.24, 2.45) is 22.9 Å². The normalized spacial score (nSPS) is 19.4. The molecule has 3 atom stereocenters. The van der Waals surface area contributed by atoms with Gasteiger partial charge in [-0.05, 0) is 98.4 Å². The number of nitrogens with zero attached hydrogens (tertiary/aromatic N) is 5. The molecule has 3 amide bonds. The summed E-state index contributed by atoms with van der Waals surface area (Å²) >= 11 is 0. The summed E-state index contributed by atoms with van der Waals surface area (Å²) in [6, 6.07) is 26.7. The Morgan fingerprint density at radius 1 is 0.814 bits per heavy atom. The number of rotatable bonds is 14. The molecule has 360 valence electrons. The Morgan fingerprint density at radius 3 is 2.30 bits per heavy atom. The van der Waals surface area contributed by atoms with E-state index in [2.05, 4.69) is 27.4 Å². The fourth-order valence-electron chi connectivity index (χ4n) is 10.8. The first-order chi connectivity index (χ1) is 34.3. The van der Waals surface area contributed by atoms with Gasteiger partial charge in [0.1, 0.15) is 29.3 Å². The lowest BCUT2D eigenvalue weighted by Gasteiger charge is -2.43. The Bertz CT molecular complexity index is 2980. The number of H-pyrrole nitrogens is 1. The number of amides is 3. The van der Waals surface area contributed by atoms with E-state index in [-0.39, 0.29) is 42.9 Å². The fourth-order valence-corrected chi connectivity index (χ4v) is 10.8. The predicted molar refractivity (Wildman–Crippen MR) is 263 cm³/mol. The average molecular weight is 944 g/mol. The van der Waals surface area contributed by atoms with E-state index in [9.17, 15) is 14.4 Å².